The summed E-state index contributed by atoms with van der Waals surface area (Å²) in [7, 11) is 0. The number of benzene rings is 1. The van der Waals surface area contributed by atoms with E-state index in [1.807, 2.05) is 31.2 Å². The number of hydrogen-bond donors (Lipinski definition) is 2. The van der Waals surface area contributed by atoms with Gasteiger partial charge in [0.25, 0.3) is 5.56 Å². The first-order valence-corrected chi connectivity index (χ1v) is 10.6. The number of aromatic nitrogens is 2. The second-order valence-electron chi connectivity index (χ2n) is 7.37. The zero-order chi connectivity index (χ0) is 19.8. The van der Waals surface area contributed by atoms with Crippen LogP contribution in [0.2, 0.25) is 0 Å². The minimum Gasteiger partial charge on any atom is -0.308 e. The molecule has 4 heterocycles. The summed E-state index contributed by atoms with van der Waals surface area (Å²) in [5, 5.41) is 4.13. The van der Waals surface area contributed by atoms with E-state index in [9.17, 15) is 4.79 Å². The van der Waals surface area contributed by atoms with E-state index in [0.29, 0.717) is 10.5 Å². The second kappa shape index (κ2) is 7.44. The molecule has 2 N–H and O–H groups in total. The molecule has 0 radical (unpaired) electrons. The van der Waals surface area contributed by atoms with Crippen LogP contribution in [0.1, 0.15) is 42.1 Å². The molecule has 6 nitrogen and oxygen atoms in total. The number of rotatable bonds is 4. The number of H-pyrrole nitrogens is 1. The smallest absolute Gasteiger partial charge is 0.268 e. The maximum Gasteiger partial charge on any atom is 0.268 e. The molecule has 29 heavy (non-hydrogen) atoms. The summed E-state index contributed by atoms with van der Waals surface area (Å²) >= 11 is 1.43. The second-order valence-corrected chi connectivity index (χ2v) is 8.42. The monoisotopic (exact) mass is 403 g/mol. The molecule has 2 aliphatic rings. The first-order chi connectivity index (χ1) is 14.2. The lowest BCUT2D eigenvalue weighted by molar-refractivity contribution is 0.271. The van der Waals surface area contributed by atoms with Crippen LogP contribution in [0.4, 0.5) is 0 Å². The van der Waals surface area contributed by atoms with E-state index in [1.54, 1.807) is 6.21 Å². The lowest BCUT2D eigenvalue weighted by atomic mass is 10.0. The van der Waals surface area contributed by atoms with Gasteiger partial charge in [0.15, 0.2) is 0 Å². The summed E-state index contributed by atoms with van der Waals surface area (Å²) in [6, 6.07) is 12.2. The number of allylic oxidation sites excluding steroid dienone is 1. The fraction of sp³-hybridized carbons (Fsp3) is 0.273. The fourth-order valence-corrected chi connectivity index (χ4v) is 4.94. The van der Waals surface area contributed by atoms with E-state index in [1.165, 1.54) is 24.2 Å². The molecular weight excluding hydrogens is 382 g/mol. The molecule has 146 valence electrons. The predicted octanol–water partition coefficient (Wildman–Crippen LogP) is 3.64. The molecular formula is C22H21N5OS. The first kappa shape index (κ1) is 18.1. The van der Waals surface area contributed by atoms with Crippen molar-refractivity contribution in [2.24, 2.45) is 5.10 Å². The standard InChI is InChI=1S/C22H21N5OS/c1-14-11-16(13-23-26-14)18-12-17-20(29-18)22(28)25-21(24-17)19(27-9-5-6-10-27)15-7-3-2-4-8-15/h2-4,7-8,12-13,19,26H,5-6,9-10H2,1H3,(H,24,25,28). The molecule has 1 atom stereocenters. The van der Waals surface area contributed by atoms with Crippen LogP contribution in [0.3, 0.4) is 0 Å². The van der Waals surface area contributed by atoms with E-state index >= 15 is 0 Å². The van der Waals surface area contributed by atoms with Crippen molar-refractivity contribution >= 4 is 33.3 Å². The van der Waals surface area contributed by atoms with Crippen LogP contribution in [0, 0.1) is 0 Å². The van der Waals surface area contributed by atoms with Crippen molar-refractivity contribution in [3.8, 4) is 0 Å². The molecule has 2 aliphatic heterocycles. The summed E-state index contributed by atoms with van der Waals surface area (Å²) in [6.07, 6.45) is 4.07. The molecule has 0 bridgehead atoms. The van der Waals surface area contributed by atoms with Gasteiger partial charge in [-0.3, -0.25) is 15.1 Å². The number of fused-ring (bicyclic) bond motifs is 1. The van der Waals surface area contributed by atoms with E-state index in [0.717, 1.165) is 40.3 Å². The normalized spacial score (nSPS) is 17.8. The lowest BCUT2D eigenvalue weighted by Gasteiger charge is -2.27. The van der Waals surface area contributed by atoms with Gasteiger partial charge < -0.3 is 4.98 Å². The minimum atomic E-state index is -0.0893. The Balaban J connectivity index is 1.63. The molecule has 1 aromatic carbocycles. The molecule has 0 saturated carbocycles. The van der Waals surface area contributed by atoms with Gasteiger partial charge in [-0.2, -0.15) is 5.10 Å². The van der Waals surface area contributed by atoms with Gasteiger partial charge in [0, 0.05) is 4.88 Å². The zero-order valence-corrected chi connectivity index (χ0v) is 16.9. The van der Waals surface area contributed by atoms with Crippen molar-refractivity contribution in [1.82, 2.24) is 20.3 Å². The summed E-state index contributed by atoms with van der Waals surface area (Å²) in [6.45, 7) is 3.93. The Kier molecular flexibility index (Phi) is 4.64. The van der Waals surface area contributed by atoms with Crippen LogP contribution in [0.15, 0.2) is 57.7 Å². The van der Waals surface area contributed by atoms with Crippen LogP contribution < -0.4 is 11.0 Å². The molecule has 2 aromatic heterocycles. The quantitative estimate of drug-likeness (QED) is 0.652. The van der Waals surface area contributed by atoms with Crippen LogP contribution in [0.25, 0.3) is 15.8 Å². The first-order valence-electron chi connectivity index (χ1n) is 9.79. The Morgan fingerprint density at radius 3 is 2.76 bits per heavy atom. The largest absolute Gasteiger partial charge is 0.308 e. The highest BCUT2D eigenvalue weighted by molar-refractivity contribution is 7.20. The molecule has 0 spiro atoms. The summed E-state index contributed by atoms with van der Waals surface area (Å²) in [5.41, 5.74) is 9.63. The predicted molar refractivity (Wildman–Crippen MR) is 117 cm³/mol. The van der Waals surface area contributed by atoms with Crippen LogP contribution in [0.5, 0.6) is 0 Å². The summed E-state index contributed by atoms with van der Waals surface area (Å²) < 4.78 is 0.635. The van der Waals surface area contributed by atoms with Gasteiger partial charge in [0.2, 0.25) is 0 Å². The Morgan fingerprint density at radius 1 is 1.21 bits per heavy atom. The third-order valence-electron chi connectivity index (χ3n) is 5.29. The topological polar surface area (TPSA) is 73.4 Å². The molecule has 1 saturated heterocycles. The van der Waals surface area contributed by atoms with Crippen molar-refractivity contribution in [3.63, 3.8) is 0 Å². The number of aromatic amines is 1. The highest BCUT2D eigenvalue weighted by Gasteiger charge is 2.27. The number of likely N-dealkylation sites (tertiary alicyclic amines) is 1. The van der Waals surface area contributed by atoms with Crippen LogP contribution in [-0.4, -0.2) is 34.2 Å². The van der Waals surface area contributed by atoms with Crippen molar-refractivity contribution in [2.75, 3.05) is 13.1 Å². The van der Waals surface area contributed by atoms with Gasteiger partial charge in [-0.25, -0.2) is 4.98 Å². The highest BCUT2D eigenvalue weighted by atomic mass is 32.1. The highest BCUT2D eigenvalue weighted by Crippen LogP contribution is 2.32. The SMILES string of the molecule is CC1=C=C(c2cc3nc(C(c4ccccc4)N4CCCC4)[nH]c(=O)c3s2)C=NN1. The number of nitrogens with zero attached hydrogens (tertiary/aromatic N) is 3. The molecule has 5 rings (SSSR count). The van der Waals surface area contributed by atoms with Gasteiger partial charge in [-0.05, 0) is 44.5 Å². The van der Waals surface area contributed by atoms with Crippen LogP contribution >= 0.6 is 11.3 Å². The average Bonchev–Trinajstić information content (AvgIpc) is 3.40. The molecule has 1 fully saturated rings. The third-order valence-corrected chi connectivity index (χ3v) is 6.45. The Morgan fingerprint density at radius 2 is 2.00 bits per heavy atom. The number of hydrazone groups is 1. The molecule has 3 aromatic rings. The van der Waals surface area contributed by atoms with Crippen molar-refractivity contribution < 1.29 is 0 Å². The number of hydrogen-bond acceptors (Lipinski definition) is 6. The number of nitrogens with one attached hydrogen (secondary N) is 2. The zero-order valence-electron chi connectivity index (χ0n) is 16.1. The van der Waals surface area contributed by atoms with Crippen molar-refractivity contribution in [2.45, 2.75) is 25.8 Å². The van der Waals surface area contributed by atoms with Crippen molar-refractivity contribution in [3.05, 3.63) is 74.4 Å². The third kappa shape index (κ3) is 3.44. The molecule has 1 unspecified atom stereocenters. The van der Waals surface area contributed by atoms with E-state index < -0.39 is 0 Å². The van der Waals surface area contributed by atoms with E-state index in [4.69, 9.17) is 4.98 Å². The van der Waals surface area contributed by atoms with Gasteiger partial charge in [-0.15, -0.1) is 11.3 Å². The van der Waals surface area contributed by atoms with Crippen molar-refractivity contribution in [1.29, 1.82) is 0 Å². The maximum absolute atomic E-state index is 12.9. The molecule has 7 heteroatoms. The van der Waals surface area contributed by atoms with Gasteiger partial charge in [-0.1, -0.05) is 36.1 Å². The lowest BCUT2D eigenvalue weighted by Crippen LogP contribution is -2.29. The molecule has 0 aliphatic carbocycles. The summed E-state index contributed by atoms with van der Waals surface area (Å²) in [4.78, 5) is 24.2. The summed E-state index contributed by atoms with van der Waals surface area (Å²) in [5.74, 6) is 0.708. The van der Waals surface area contributed by atoms with E-state index in [-0.39, 0.29) is 11.6 Å². The van der Waals surface area contributed by atoms with Gasteiger partial charge >= 0.3 is 0 Å². The Hall–Kier alpha value is -2.99. The van der Waals surface area contributed by atoms with Crippen LogP contribution in [-0.2, 0) is 0 Å². The number of thiophene rings is 1. The van der Waals surface area contributed by atoms with Gasteiger partial charge in [0.1, 0.15) is 10.5 Å². The Bertz CT molecular complexity index is 1210. The van der Waals surface area contributed by atoms with E-state index in [2.05, 4.69) is 38.3 Å². The van der Waals surface area contributed by atoms with Gasteiger partial charge in [0.05, 0.1) is 29.0 Å². The fourth-order valence-electron chi connectivity index (χ4n) is 3.98. The Labute approximate surface area is 172 Å². The average molecular weight is 404 g/mol. The minimum absolute atomic E-state index is 0.0408. The maximum atomic E-state index is 12.9. The molecule has 0 amide bonds.